The van der Waals surface area contributed by atoms with Gasteiger partial charge < -0.3 is 11.5 Å². The van der Waals surface area contributed by atoms with Gasteiger partial charge in [-0.2, -0.15) is 11.8 Å². The Hall–Kier alpha value is -1.00. The second kappa shape index (κ2) is 6.84. The van der Waals surface area contributed by atoms with Gasteiger partial charge in [-0.15, -0.1) is 0 Å². The number of carbonyl (C=O) groups excluding carboxylic acids is 1. The molecule has 0 aliphatic heterocycles. The van der Waals surface area contributed by atoms with E-state index in [1.807, 2.05) is 11.8 Å². The molecule has 4 heteroatoms. The second-order valence-corrected chi connectivity index (χ2v) is 7.44. The first-order chi connectivity index (χ1) is 9.91. The Morgan fingerprint density at radius 1 is 1.33 bits per heavy atom. The van der Waals surface area contributed by atoms with Crippen LogP contribution in [-0.4, -0.2) is 17.2 Å². The largest absolute Gasteiger partial charge is 0.368 e. The Morgan fingerprint density at radius 3 is 2.62 bits per heavy atom. The van der Waals surface area contributed by atoms with Crippen LogP contribution in [0.25, 0.3) is 0 Å². The number of hydrogen-bond acceptors (Lipinski definition) is 3. The summed E-state index contributed by atoms with van der Waals surface area (Å²) in [5.74, 6) is 1.97. The molecule has 0 bridgehead atoms. The fourth-order valence-electron chi connectivity index (χ4n) is 3.40. The highest BCUT2D eigenvalue weighted by Crippen LogP contribution is 2.36. The first-order valence-electron chi connectivity index (χ1n) is 7.65. The van der Waals surface area contributed by atoms with Gasteiger partial charge in [-0.05, 0) is 50.3 Å². The normalized spacial score (nSPS) is 25.2. The third-order valence-electron chi connectivity index (χ3n) is 4.49. The van der Waals surface area contributed by atoms with Gasteiger partial charge in [0.1, 0.15) is 0 Å². The van der Waals surface area contributed by atoms with Gasteiger partial charge in [-0.25, -0.2) is 0 Å². The maximum absolute atomic E-state index is 11.6. The van der Waals surface area contributed by atoms with Crippen molar-refractivity contribution in [3.05, 3.63) is 34.9 Å². The van der Waals surface area contributed by atoms with Crippen LogP contribution in [0, 0.1) is 19.8 Å². The molecule has 1 aromatic carbocycles. The summed E-state index contributed by atoms with van der Waals surface area (Å²) in [4.78, 5) is 11.6. The molecule has 0 spiro atoms. The zero-order chi connectivity index (χ0) is 15.5. The number of benzene rings is 1. The van der Waals surface area contributed by atoms with E-state index in [9.17, 15) is 4.79 Å². The lowest BCUT2D eigenvalue weighted by Crippen LogP contribution is -2.54. The fourth-order valence-corrected chi connectivity index (χ4v) is 4.39. The van der Waals surface area contributed by atoms with Crippen molar-refractivity contribution in [3.63, 3.8) is 0 Å². The van der Waals surface area contributed by atoms with Gasteiger partial charge in [-0.3, -0.25) is 4.79 Å². The first kappa shape index (κ1) is 16.4. The summed E-state index contributed by atoms with van der Waals surface area (Å²) >= 11 is 1.92. The zero-order valence-electron chi connectivity index (χ0n) is 13.0. The summed E-state index contributed by atoms with van der Waals surface area (Å²) in [6.07, 6.45) is 3.78. The van der Waals surface area contributed by atoms with Crippen LogP contribution in [-0.2, 0) is 10.5 Å². The van der Waals surface area contributed by atoms with E-state index in [0.717, 1.165) is 37.2 Å². The molecule has 0 heterocycles. The van der Waals surface area contributed by atoms with Crippen LogP contribution in [0.2, 0.25) is 0 Å². The molecular formula is C17H26N2OS. The minimum atomic E-state index is -0.763. The molecule has 2 atom stereocenters. The molecule has 1 aromatic rings. The van der Waals surface area contributed by atoms with Crippen molar-refractivity contribution in [2.24, 2.45) is 17.4 Å². The number of amides is 1. The lowest BCUT2D eigenvalue weighted by molar-refractivity contribution is -0.124. The number of nitrogens with two attached hydrogens (primary N) is 2. The quantitative estimate of drug-likeness (QED) is 0.794. The molecular weight excluding hydrogens is 280 g/mol. The Kier molecular flexibility index (Phi) is 5.33. The number of carbonyl (C=O) groups is 1. The van der Waals surface area contributed by atoms with Crippen LogP contribution >= 0.6 is 11.8 Å². The van der Waals surface area contributed by atoms with Crippen LogP contribution in [0.4, 0.5) is 0 Å². The van der Waals surface area contributed by atoms with Crippen molar-refractivity contribution in [2.75, 3.05) is 5.75 Å². The topological polar surface area (TPSA) is 69.1 Å². The highest BCUT2D eigenvalue weighted by molar-refractivity contribution is 7.98. The van der Waals surface area contributed by atoms with Crippen molar-refractivity contribution in [1.29, 1.82) is 0 Å². The van der Waals surface area contributed by atoms with Crippen molar-refractivity contribution in [2.45, 2.75) is 50.8 Å². The molecule has 1 aliphatic carbocycles. The van der Waals surface area contributed by atoms with Gasteiger partial charge in [0, 0.05) is 5.75 Å². The highest BCUT2D eigenvalue weighted by atomic mass is 32.2. The van der Waals surface area contributed by atoms with Crippen LogP contribution in [0.15, 0.2) is 18.2 Å². The molecule has 1 saturated carbocycles. The van der Waals surface area contributed by atoms with Crippen molar-refractivity contribution >= 4 is 17.7 Å². The van der Waals surface area contributed by atoms with E-state index in [4.69, 9.17) is 11.5 Å². The van der Waals surface area contributed by atoms with E-state index < -0.39 is 5.54 Å². The number of thioether (sulfide) groups is 1. The monoisotopic (exact) mass is 306 g/mol. The van der Waals surface area contributed by atoms with Crippen LogP contribution in [0.1, 0.15) is 42.4 Å². The third-order valence-corrected chi connectivity index (χ3v) is 5.55. The predicted molar refractivity (Wildman–Crippen MR) is 90.1 cm³/mol. The summed E-state index contributed by atoms with van der Waals surface area (Å²) in [7, 11) is 0. The molecule has 3 nitrogen and oxygen atoms in total. The van der Waals surface area contributed by atoms with Crippen molar-refractivity contribution in [1.82, 2.24) is 0 Å². The van der Waals surface area contributed by atoms with Crippen LogP contribution < -0.4 is 11.5 Å². The minimum absolute atomic E-state index is 0.252. The Bertz CT molecular complexity index is 497. The molecule has 116 valence electrons. The molecule has 1 fully saturated rings. The Balaban J connectivity index is 1.81. The maximum atomic E-state index is 11.6. The van der Waals surface area contributed by atoms with E-state index in [0.29, 0.717) is 0 Å². The SMILES string of the molecule is Cc1cc(C)cc(CSCCC2CCCC2(N)C(N)=O)c1. The Morgan fingerprint density at radius 2 is 2.00 bits per heavy atom. The predicted octanol–water partition coefficient (Wildman–Crippen LogP) is 2.91. The molecule has 4 N–H and O–H groups in total. The third kappa shape index (κ3) is 4.01. The van der Waals surface area contributed by atoms with Crippen molar-refractivity contribution in [3.8, 4) is 0 Å². The second-order valence-electron chi connectivity index (χ2n) is 6.33. The molecule has 0 radical (unpaired) electrons. The van der Waals surface area contributed by atoms with E-state index in [1.165, 1.54) is 16.7 Å². The van der Waals surface area contributed by atoms with Gasteiger partial charge in [-0.1, -0.05) is 35.7 Å². The van der Waals surface area contributed by atoms with Crippen LogP contribution in [0.5, 0.6) is 0 Å². The lowest BCUT2D eigenvalue weighted by atomic mass is 9.85. The highest BCUT2D eigenvalue weighted by Gasteiger charge is 2.43. The molecule has 2 rings (SSSR count). The van der Waals surface area contributed by atoms with E-state index in [1.54, 1.807) is 0 Å². The maximum Gasteiger partial charge on any atom is 0.237 e. The molecule has 1 aliphatic rings. The molecule has 1 amide bonds. The van der Waals surface area contributed by atoms with Crippen molar-refractivity contribution < 1.29 is 4.79 Å². The lowest BCUT2D eigenvalue weighted by Gasteiger charge is -2.27. The van der Waals surface area contributed by atoms with Gasteiger partial charge in [0.25, 0.3) is 0 Å². The average Bonchev–Trinajstić information content (AvgIpc) is 2.76. The summed E-state index contributed by atoms with van der Waals surface area (Å²) in [5, 5.41) is 0. The number of rotatable bonds is 6. The van der Waals surface area contributed by atoms with Gasteiger partial charge in [0.2, 0.25) is 5.91 Å². The first-order valence-corrected chi connectivity index (χ1v) is 8.81. The number of aryl methyl sites for hydroxylation is 2. The van der Waals surface area contributed by atoms with Crippen LogP contribution in [0.3, 0.4) is 0 Å². The summed E-state index contributed by atoms with van der Waals surface area (Å²) in [5.41, 5.74) is 14.9. The van der Waals surface area contributed by atoms with Gasteiger partial charge in [0.05, 0.1) is 5.54 Å². The average molecular weight is 306 g/mol. The summed E-state index contributed by atoms with van der Waals surface area (Å²) < 4.78 is 0. The standard InChI is InChI=1S/C17H26N2OS/c1-12-8-13(2)10-14(9-12)11-21-7-5-15-4-3-6-17(15,19)16(18)20/h8-10,15H,3-7,11,19H2,1-2H3,(H2,18,20). The number of primary amides is 1. The minimum Gasteiger partial charge on any atom is -0.368 e. The summed E-state index contributed by atoms with van der Waals surface area (Å²) in [6.45, 7) is 4.27. The molecule has 0 aromatic heterocycles. The van der Waals surface area contributed by atoms with E-state index in [-0.39, 0.29) is 11.8 Å². The summed E-state index contributed by atoms with van der Waals surface area (Å²) in [6, 6.07) is 6.68. The van der Waals surface area contributed by atoms with Gasteiger partial charge in [0.15, 0.2) is 0 Å². The van der Waals surface area contributed by atoms with E-state index in [2.05, 4.69) is 32.0 Å². The smallest absolute Gasteiger partial charge is 0.237 e. The fraction of sp³-hybridized carbons (Fsp3) is 0.588. The van der Waals surface area contributed by atoms with Gasteiger partial charge >= 0.3 is 0 Å². The molecule has 2 unspecified atom stereocenters. The number of hydrogen-bond donors (Lipinski definition) is 2. The zero-order valence-corrected chi connectivity index (χ0v) is 13.8. The molecule has 21 heavy (non-hydrogen) atoms. The molecule has 0 saturated heterocycles. The van der Waals surface area contributed by atoms with E-state index >= 15 is 0 Å². The Labute approximate surface area is 131 Å².